The Morgan fingerprint density at radius 1 is 1.16 bits per heavy atom. The summed E-state index contributed by atoms with van der Waals surface area (Å²) in [5.41, 5.74) is 3.42. The average Bonchev–Trinajstić information content (AvgIpc) is 3.24. The lowest BCUT2D eigenvalue weighted by molar-refractivity contribution is -0.123. The number of hydrogen-bond donors (Lipinski definition) is 1. The summed E-state index contributed by atoms with van der Waals surface area (Å²) in [6.07, 6.45) is 6.77. The molecule has 1 atom stereocenters. The highest BCUT2D eigenvalue weighted by molar-refractivity contribution is 7.98. The van der Waals surface area contributed by atoms with Gasteiger partial charge in [0.1, 0.15) is 0 Å². The first-order valence-electron chi connectivity index (χ1n) is 13.0. The number of nitrogens with zero attached hydrogens (tertiary/aromatic N) is 2. The smallest absolute Gasteiger partial charge is 0.254 e. The van der Waals surface area contributed by atoms with Crippen LogP contribution in [-0.2, 0) is 13.0 Å². The summed E-state index contributed by atoms with van der Waals surface area (Å²) < 4.78 is 13.0. The van der Waals surface area contributed by atoms with E-state index in [1.165, 1.54) is 11.8 Å². The summed E-state index contributed by atoms with van der Waals surface area (Å²) in [6, 6.07) is 2.54. The minimum atomic E-state index is -0.802. The second kappa shape index (κ2) is 9.86. The lowest BCUT2D eigenvalue weighted by Gasteiger charge is -2.39. The number of carbonyl (C=O) groups excluding carboxylic acids is 1. The molecule has 0 bridgehead atoms. The maximum absolute atomic E-state index is 13.8. The predicted molar refractivity (Wildman–Crippen MR) is 147 cm³/mol. The summed E-state index contributed by atoms with van der Waals surface area (Å²) in [6.45, 7) is 6.52. The molecule has 5 rings (SSSR count). The topological polar surface area (TPSA) is 74.9 Å². The Bertz CT molecular complexity index is 1300. The first-order valence-corrected chi connectivity index (χ1v) is 14.6. The third-order valence-electron chi connectivity index (χ3n) is 8.40. The van der Waals surface area contributed by atoms with Crippen molar-refractivity contribution < 1.29 is 14.3 Å². The molecule has 2 aliphatic heterocycles. The van der Waals surface area contributed by atoms with E-state index in [9.17, 15) is 9.59 Å². The van der Waals surface area contributed by atoms with E-state index in [0.717, 1.165) is 47.4 Å². The van der Waals surface area contributed by atoms with E-state index in [4.69, 9.17) is 21.1 Å². The van der Waals surface area contributed by atoms with Crippen LogP contribution in [0.1, 0.15) is 65.3 Å². The van der Waals surface area contributed by atoms with Gasteiger partial charge in [-0.15, -0.1) is 11.8 Å². The van der Waals surface area contributed by atoms with Gasteiger partial charge in [-0.3, -0.25) is 9.59 Å². The van der Waals surface area contributed by atoms with Crippen LogP contribution in [0.2, 0.25) is 5.02 Å². The van der Waals surface area contributed by atoms with Crippen molar-refractivity contribution in [3.8, 4) is 11.5 Å². The molecule has 0 spiro atoms. The fourth-order valence-corrected chi connectivity index (χ4v) is 7.18. The van der Waals surface area contributed by atoms with E-state index >= 15 is 0 Å². The van der Waals surface area contributed by atoms with Crippen LogP contribution in [0.4, 0.5) is 0 Å². The van der Waals surface area contributed by atoms with Crippen molar-refractivity contribution in [1.82, 2.24) is 14.8 Å². The Kier molecular flexibility index (Phi) is 7.05. The molecule has 0 radical (unpaired) electrons. The van der Waals surface area contributed by atoms with Crippen molar-refractivity contribution >= 4 is 29.3 Å². The number of benzene rings is 1. The quantitative estimate of drug-likeness (QED) is 0.522. The van der Waals surface area contributed by atoms with E-state index in [2.05, 4.69) is 24.0 Å². The normalized spacial score (nSPS) is 25.1. The molecule has 1 aromatic carbocycles. The average molecular weight is 546 g/mol. The number of aryl methyl sites for hydroxylation is 1. The van der Waals surface area contributed by atoms with Gasteiger partial charge in [0.25, 0.3) is 17.3 Å². The standard InChI is InChI=1S/C28H36ClN3O4S/c1-15-13-21(37-6)20(26(33)30-15)14-32-12-11-19-22(27(32)34)16(2)24-25(23(19)29)36-28(3,35-24)17-7-9-18(10-8-17)31(4)5/h13,17-18H,7-12,14H2,1-6H3,(H,30,33)/t17?,18?,28-/m1/s1. The van der Waals surface area contributed by atoms with Crippen molar-refractivity contribution in [2.45, 2.75) is 76.1 Å². The summed E-state index contributed by atoms with van der Waals surface area (Å²) in [5.74, 6) is 0.460. The number of aromatic amines is 1. The molecule has 2 aromatic rings. The first-order chi connectivity index (χ1) is 17.5. The molecule has 1 fully saturated rings. The second-order valence-corrected chi connectivity index (χ2v) is 12.2. The van der Waals surface area contributed by atoms with Gasteiger partial charge < -0.3 is 24.3 Å². The summed E-state index contributed by atoms with van der Waals surface area (Å²) in [5, 5.41) is 0.479. The molecule has 1 aromatic heterocycles. The van der Waals surface area contributed by atoms with Gasteiger partial charge >= 0.3 is 0 Å². The number of carbonyl (C=O) groups is 1. The molecular formula is C28H36ClN3O4S. The van der Waals surface area contributed by atoms with Gasteiger partial charge in [0.15, 0.2) is 11.5 Å². The zero-order valence-electron chi connectivity index (χ0n) is 22.5. The van der Waals surface area contributed by atoms with Gasteiger partial charge in [-0.2, -0.15) is 0 Å². The van der Waals surface area contributed by atoms with Crippen molar-refractivity contribution in [3.63, 3.8) is 0 Å². The fourth-order valence-electron chi connectivity index (χ4n) is 6.17. The number of fused-ring (bicyclic) bond motifs is 2. The van der Waals surface area contributed by atoms with E-state index in [1.807, 2.05) is 33.1 Å². The Morgan fingerprint density at radius 3 is 2.49 bits per heavy atom. The second-order valence-electron chi connectivity index (χ2n) is 10.9. The third kappa shape index (κ3) is 4.55. The van der Waals surface area contributed by atoms with Crippen LogP contribution in [0.3, 0.4) is 0 Å². The number of ether oxygens (including phenoxy) is 2. The van der Waals surface area contributed by atoms with E-state index in [1.54, 1.807) is 4.90 Å². The highest BCUT2D eigenvalue weighted by atomic mass is 35.5. The van der Waals surface area contributed by atoms with Crippen LogP contribution >= 0.6 is 23.4 Å². The summed E-state index contributed by atoms with van der Waals surface area (Å²) >= 11 is 8.42. The highest BCUT2D eigenvalue weighted by Crippen LogP contribution is 2.54. The van der Waals surface area contributed by atoms with Gasteiger partial charge in [0, 0.05) is 41.6 Å². The largest absolute Gasteiger partial charge is 0.448 e. The summed E-state index contributed by atoms with van der Waals surface area (Å²) in [7, 11) is 4.27. The Balaban J connectivity index is 1.43. The Hall–Kier alpha value is -2.16. The van der Waals surface area contributed by atoms with E-state index in [0.29, 0.717) is 46.7 Å². The van der Waals surface area contributed by atoms with Crippen LogP contribution in [0, 0.1) is 19.8 Å². The highest BCUT2D eigenvalue weighted by Gasteiger charge is 2.48. The molecular weight excluding hydrogens is 510 g/mol. The molecule has 1 aliphatic carbocycles. The molecule has 9 heteroatoms. The number of H-pyrrole nitrogens is 1. The lowest BCUT2D eigenvalue weighted by atomic mass is 9.81. The lowest BCUT2D eigenvalue weighted by Crippen LogP contribution is -2.46. The maximum Gasteiger partial charge on any atom is 0.254 e. The first kappa shape index (κ1) is 26.4. The molecule has 0 unspecified atom stereocenters. The van der Waals surface area contributed by atoms with Gasteiger partial charge in [-0.05, 0) is 77.9 Å². The number of pyridine rings is 1. The molecule has 200 valence electrons. The van der Waals surface area contributed by atoms with Gasteiger partial charge in [-0.1, -0.05) is 11.6 Å². The minimum absolute atomic E-state index is 0.126. The molecule has 1 N–H and O–H groups in total. The van der Waals surface area contributed by atoms with Gasteiger partial charge in [0.2, 0.25) is 0 Å². The zero-order valence-corrected chi connectivity index (χ0v) is 24.1. The summed E-state index contributed by atoms with van der Waals surface area (Å²) in [4.78, 5) is 34.3. The number of aromatic nitrogens is 1. The predicted octanol–water partition coefficient (Wildman–Crippen LogP) is 5.17. The number of nitrogens with one attached hydrogen (secondary N) is 1. The fraction of sp³-hybridized carbons (Fsp3) is 0.571. The molecule has 3 aliphatic rings. The monoisotopic (exact) mass is 545 g/mol. The molecule has 37 heavy (non-hydrogen) atoms. The maximum atomic E-state index is 13.8. The SMILES string of the molecule is CSc1cc(C)[nH]c(=O)c1CN1CCc2c(Cl)c3c(c(C)c2C1=O)O[C@@](C)(C1CCC(N(C)C)CC1)O3. The Morgan fingerprint density at radius 2 is 1.84 bits per heavy atom. The molecule has 1 saturated carbocycles. The molecule has 0 saturated heterocycles. The van der Waals surface area contributed by atoms with Crippen LogP contribution in [0.25, 0.3) is 0 Å². The van der Waals surface area contributed by atoms with Crippen molar-refractivity contribution in [3.05, 3.63) is 49.4 Å². The number of thioether (sulfide) groups is 1. The van der Waals surface area contributed by atoms with Crippen LogP contribution < -0.4 is 15.0 Å². The van der Waals surface area contributed by atoms with Crippen LogP contribution in [0.5, 0.6) is 11.5 Å². The van der Waals surface area contributed by atoms with Crippen LogP contribution in [-0.4, -0.2) is 59.4 Å². The van der Waals surface area contributed by atoms with E-state index in [-0.39, 0.29) is 23.9 Å². The van der Waals surface area contributed by atoms with Crippen molar-refractivity contribution in [1.29, 1.82) is 0 Å². The number of rotatable bonds is 5. The molecule has 3 heterocycles. The van der Waals surface area contributed by atoms with Crippen molar-refractivity contribution in [2.24, 2.45) is 5.92 Å². The van der Waals surface area contributed by atoms with Gasteiger partial charge in [-0.25, -0.2) is 0 Å². The number of amides is 1. The van der Waals surface area contributed by atoms with E-state index < -0.39 is 5.79 Å². The number of halogens is 1. The molecule has 1 amide bonds. The van der Waals surface area contributed by atoms with Crippen LogP contribution in [0.15, 0.2) is 15.8 Å². The zero-order chi connectivity index (χ0) is 26.6. The molecule has 7 nitrogen and oxygen atoms in total. The minimum Gasteiger partial charge on any atom is -0.448 e. The number of hydrogen-bond acceptors (Lipinski definition) is 6. The Labute approximate surface area is 227 Å². The third-order valence-corrected chi connectivity index (χ3v) is 9.60. The van der Waals surface area contributed by atoms with Gasteiger partial charge in [0.05, 0.1) is 22.7 Å². The van der Waals surface area contributed by atoms with Crippen molar-refractivity contribution in [2.75, 3.05) is 26.9 Å².